The number of pyridine rings is 1. The largest absolute Gasteiger partial charge is 0.356 e. The van der Waals surface area contributed by atoms with Crippen LogP contribution < -0.4 is 15.4 Å². The van der Waals surface area contributed by atoms with Crippen molar-refractivity contribution in [2.75, 3.05) is 23.3 Å². The zero-order valence-electron chi connectivity index (χ0n) is 15.6. The van der Waals surface area contributed by atoms with Crippen molar-refractivity contribution >= 4 is 39.0 Å². The summed E-state index contributed by atoms with van der Waals surface area (Å²) in [6.07, 6.45) is 4.37. The number of carbonyl (C=O) groups excluding carboxylic acids is 1. The fraction of sp³-hybridized carbons (Fsp3) is 0.368. The van der Waals surface area contributed by atoms with E-state index in [2.05, 4.69) is 15.2 Å². The molecule has 3 rings (SSSR count). The minimum absolute atomic E-state index is 0.0657. The van der Waals surface area contributed by atoms with Crippen LogP contribution in [-0.4, -0.2) is 32.4 Å². The number of nitrogens with one attached hydrogen (secondary N) is 1. The van der Waals surface area contributed by atoms with Crippen LogP contribution in [0.5, 0.6) is 0 Å². The van der Waals surface area contributed by atoms with Crippen molar-refractivity contribution in [3.63, 3.8) is 0 Å². The molecule has 1 fully saturated rings. The van der Waals surface area contributed by atoms with E-state index >= 15 is 0 Å². The third-order valence-electron chi connectivity index (χ3n) is 4.72. The predicted octanol–water partition coefficient (Wildman–Crippen LogP) is 3.32. The zero-order valence-corrected chi connectivity index (χ0v) is 17.2. The lowest BCUT2D eigenvalue weighted by Gasteiger charge is -2.25. The van der Waals surface area contributed by atoms with Crippen LogP contribution in [0.2, 0.25) is 5.15 Å². The molecule has 7 nitrogen and oxygen atoms in total. The van der Waals surface area contributed by atoms with Crippen LogP contribution >= 0.6 is 11.6 Å². The van der Waals surface area contributed by atoms with Crippen LogP contribution in [0.4, 0.5) is 11.5 Å². The molecule has 150 valence electrons. The first-order valence-corrected chi connectivity index (χ1v) is 11.0. The van der Waals surface area contributed by atoms with Gasteiger partial charge in [0.1, 0.15) is 11.0 Å². The van der Waals surface area contributed by atoms with Gasteiger partial charge in [0.25, 0.3) is 5.91 Å². The van der Waals surface area contributed by atoms with Crippen molar-refractivity contribution in [2.45, 2.75) is 37.5 Å². The summed E-state index contributed by atoms with van der Waals surface area (Å²) in [7, 11) is -3.86. The summed E-state index contributed by atoms with van der Waals surface area (Å²) in [4.78, 5) is 19.5. The molecule has 1 aromatic heterocycles. The summed E-state index contributed by atoms with van der Waals surface area (Å²) in [5.41, 5.74) is 1.49. The van der Waals surface area contributed by atoms with E-state index in [0.29, 0.717) is 27.8 Å². The number of benzene rings is 1. The lowest BCUT2D eigenvalue weighted by atomic mass is 10.1. The molecule has 1 aliphatic rings. The van der Waals surface area contributed by atoms with E-state index in [4.69, 9.17) is 16.7 Å². The van der Waals surface area contributed by atoms with E-state index in [1.807, 2.05) is 6.92 Å². The first-order valence-electron chi connectivity index (χ1n) is 9.12. The lowest BCUT2D eigenvalue weighted by Crippen LogP contribution is -2.29. The molecular formula is C19H23ClN4O3S. The molecule has 3 N–H and O–H groups in total. The number of carbonyl (C=O) groups is 1. The lowest BCUT2D eigenvalue weighted by molar-refractivity contribution is 0.102. The first kappa shape index (κ1) is 20.6. The van der Waals surface area contributed by atoms with E-state index < -0.39 is 10.0 Å². The van der Waals surface area contributed by atoms with Crippen molar-refractivity contribution < 1.29 is 13.2 Å². The Bertz CT molecular complexity index is 987. The van der Waals surface area contributed by atoms with Gasteiger partial charge in [-0.1, -0.05) is 30.5 Å². The molecule has 9 heteroatoms. The van der Waals surface area contributed by atoms with Crippen LogP contribution in [0.3, 0.4) is 0 Å². The molecule has 1 aromatic carbocycles. The normalized spacial score (nSPS) is 15.2. The Morgan fingerprint density at radius 1 is 1.18 bits per heavy atom. The Morgan fingerprint density at radius 3 is 2.50 bits per heavy atom. The number of hydrogen-bond donors (Lipinski definition) is 2. The van der Waals surface area contributed by atoms with Crippen LogP contribution in [0.25, 0.3) is 0 Å². The summed E-state index contributed by atoms with van der Waals surface area (Å²) < 4.78 is 23.1. The number of rotatable bonds is 4. The number of nitrogens with zero attached hydrogens (tertiary/aromatic N) is 2. The van der Waals surface area contributed by atoms with E-state index in [1.54, 1.807) is 12.1 Å². The van der Waals surface area contributed by atoms with Crippen molar-refractivity contribution in [2.24, 2.45) is 5.14 Å². The van der Waals surface area contributed by atoms with E-state index in [9.17, 15) is 13.2 Å². The summed E-state index contributed by atoms with van der Waals surface area (Å²) >= 11 is 6.17. The molecule has 0 spiro atoms. The third kappa shape index (κ3) is 4.81. The highest BCUT2D eigenvalue weighted by atomic mass is 35.5. The fourth-order valence-electron chi connectivity index (χ4n) is 3.35. The highest BCUT2D eigenvalue weighted by Crippen LogP contribution is 2.28. The minimum atomic E-state index is -3.86. The highest BCUT2D eigenvalue weighted by Gasteiger charge is 2.23. The maximum atomic E-state index is 13.1. The second kappa shape index (κ2) is 8.46. The Balaban J connectivity index is 1.95. The number of primary sulfonamides is 1. The van der Waals surface area contributed by atoms with Gasteiger partial charge in [-0.05, 0) is 49.6 Å². The molecule has 1 aliphatic heterocycles. The van der Waals surface area contributed by atoms with Crippen LogP contribution in [-0.2, 0) is 10.0 Å². The van der Waals surface area contributed by atoms with Gasteiger partial charge < -0.3 is 10.2 Å². The van der Waals surface area contributed by atoms with Gasteiger partial charge in [-0.15, -0.1) is 0 Å². The van der Waals surface area contributed by atoms with E-state index in [-0.39, 0.29) is 10.8 Å². The fourth-order valence-corrected chi connectivity index (χ4v) is 4.16. The maximum absolute atomic E-state index is 13.1. The number of nitrogens with two attached hydrogens (primary N) is 1. The van der Waals surface area contributed by atoms with Gasteiger partial charge in [0, 0.05) is 18.8 Å². The van der Waals surface area contributed by atoms with E-state index in [0.717, 1.165) is 38.8 Å². The average Bonchev–Trinajstić information content (AvgIpc) is 2.89. The zero-order chi connectivity index (χ0) is 20.3. The first-order chi connectivity index (χ1) is 13.3. The number of aromatic nitrogens is 1. The number of aryl methyl sites for hydroxylation is 1. The van der Waals surface area contributed by atoms with Gasteiger partial charge in [-0.2, -0.15) is 0 Å². The molecule has 0 saturated carbocycles. The van der Waals surface area contributed by atoms with Crippen LogP contribution in [0, 0.1) is 6.92 Å². The minimum Gasteiger partial charge on any atom is -0.356 e. The Kier molecular flexibility index (Phi) is 6.22. The van der Waals surface area contributed by atoms with Gasteiger partial charge in [-0.3, -0.25) is 4.79 Å². The predicted molar refractivity (Wildman–Crippen MR) is 110 cm³/mol. The molecule has 2 aromatic rings. The van der Waals surface area contributed by atoms with Crippen LogP contribution in [0.15, 0.2) is 35.2 Å². The van der Waals surface area contributed by atoms with Crippen molar-refractivity contribution in [3.05, 3.63) is 46.6 Å². The Labute approximate surface area is 169 Å². The number of anilines is 2. The third-order valence-corrected chi connectivity index (χ3v) is 5.82. The van der Waals surface area contributed by atoms with Crippen molar-refractivity contribution in [1.29, 1.82) is 0 Å². The summed E-state index contributed by atoms with van der Waals surface area (Å²) in [5, 5.41) is 8.27. The Morgan fingerprint density at radius 2 is 1.86 bits per heavy atom. The van der Waals surface area contributed by atoms with Gasteiger partial charge in [0.15, 0.2) is 0 Å². The number of hydrogen-bond acceptors (Lipinski definition) is 5. The second-order valence-corrected chi connectivity index (χ2v) is 8.84. The molecule has 2 heterocycles. The molecule has 0 unspecified atom stereocenters. The summed E-state index contributed by atoms with van der Waals surface area (Å²) in [6.45, 7) is 3.44. The molecule has 0 bridgehead atoms. The second-order valence-electron chi connectivity index (χ2n) is 6.89. The molecular weight excluding hydrogens is 400 g/mol. The molecule has 28 heavy (non-hydrogen) atoms. The van der Waals surface area contributed by atoms with Gasteiger partial charge >= 0.3 is 0 Å². The molecule has 0 atom stereocenters. The van der Waals surface area contributed by atoms with Crippen LogP contribution in [0.1, 0.15) is 41.6 Å². The van der Waals surface area contributed by atoms with Gasteiger partial charge in [-0.25, -0.2) is 18.5 Å². The van der Waals surface area contributed by atoms with Crippen molar-refractivity contribution in [1.82, 2.24) is 4.98 Å². The monoisotopic (exact) mass is 422 g/mol. The van der Waals surface area contributed by atoms with Gasteiger partial charge in [0.2, 0.25) is 10.0 Å². The van der Waals surface area contributed by atoms with Crippen molar-refractivity contribution in [3.8, 4) is 0 Å². The molecule has 0 radical (unpaired) electrons. The quantitative estimate of drug-likeness (QED) is 0.735. The summed E-state index contributed by atoms with van der Waals surface area (Å²) in [5.74, 6) is 0.194. The number of halogens is 1. The SMILES string of the molecule is Cc1cc(Cl)nc(N2CCCCCC2)c1C(=O)Nc1cccc(S(N)(=O)=O)c1. The topological polar surface area (TPSA) is 105 Å². The average molecular weight is 423 g/mol. The molecule has 1 saturated heterocycles. The smallest absolute Gasteiger partial charge is 0.259 e. The Hall–Kier alpha value is -2.16. The number of sulfonamides is 1. The van der Waals surface area contributed by atoms with Gasteiger partial charge in [0.05, 0.1) is 10.5 Å². The molecule has 1 amide bonds. The maximum Gasteiger partial charge on any atom is 0.259 e. The standard InChI is InChI=1S/C19H23ClN4O3S/c1-13-11-16(20)23-18(24-9-4-2-3-5-10-24)17(13)19(25)22-14-7-6-8-15(12-14)28(21,26)27/h6-8,11-12H,2-5,9-10H2,1H3,(H,22,25)(H2,21,26,27). The highest BCUT2D eigenvalue weighted by molar-refractivity contribution is 7.89. The molecule has 0 aliphatic carbocycles. The van der Waals surface area contributed by atoms with E-state index in [1.165, 1.54) is 18.2 Å². The summed E-state index contributed by atoms with van der Waals surface area (Å²) in [6, 6.07) is 7.49. The number of amides is 1.